The SMILES string of the molecule is O=C(O)C(O)C(O)C(=O)O.O=C1C(Cc2ccccc2)CCN1[C@@H]1CC[C@@]2(O)[C@H]3Cc4ccc(O)c5c4[C@@]2(CCN3CC2CC2)[C@@H]1O5. The summed E-state index contributed by atoms with van der Waals surface area (Å²) in [5.74, 6) is -1.83. The number of carbonyl (C=O) groups excluding carboxylic acids is 1. The summed E-state index contributed by atoms with van der Waals surface area (Å²) >= 11 is 0. The van der Waals surface area contributed by atoms with Crippen molar-refractivity contribution in [3.05, 3.63) is 59.2 Å². The average molecular weight is 651 g/mol. The molecule has 252 valence electrons. The molecule has 12 heteroatoms. The van der Waals surface area contributed by atoms with E-state index in [1.165, 1.54) is 24.0 Å². The van der Waals surface area contributed by atoms with Crippen molar-refractivity contribution in [3.63, 3.8) is 0 Å². The minimum Gasteiger partial charge on any atom is -0.504 e. The fourth-order valence-electron chi connectivity index (χ4n) is 9.22. The number of phenols is 1. The number of nitrogens with zero attached hydrogens (tertiary/aromatic N) is 2. The van der Waals surface area contributed by atoms with Gasteiger partial charge in [-0.2, -0.15) is 0 Å². The van der Waals surface area contributed by atoms with Gasteiger partial charge in [-0.1, -0.05) is 36.4 Å². The Morgan fingerprint density at radius 3 is 2.30 bits per heavy atom. The summed E-state index contributed by atoms with van der Waals surface area (Å²) in [6.45, 7) is 2.75. The predicted molar refractivity (Wildman–Crippen MR) is 166 cm³/mol. The number of amides is 1. The molecule has 2 aromatic carbocycles. The smallest absolute Gasteiger partial charge is 0.335 e. The van der Waals surface area contributed by atoms with Crippen molar-refractivity contribution < 1.29 is 49.8 Å². The van der Waals surface area contributed by atoms with Crippen LogP contribution in [-0.2, 0) is 32.6 Å². The molecule has 3 heterocycles. The first-order valence-electron chi connectivity index (χ1n) is 16.6. The lowest BCUT2D eigenvalue weighted by molar-refractivity contribution is -0.200. The summed E-state index contributed by atoms with van der Waals surface area (Å²) < 4.78 is 6.71. The van der Waals surface area contributed by atoms with Gasteiger partial charge < -0.3 is 40.3 Å². The number of hydrogen-bond donors (Lipinski definition) is 6. The van der Waals surface area contributed by atoms with Crippen molar-refractivity contribution >= 4 is 17.8 Å². The number of piperidine rings is 1. The van der Waals surface area contributed by atoms with Gasteiger partial charge in [0.2, 0.25) is 5.91 Å². The predicted octanol–water partition coefficient (Wildman–Crippen LogP) is 1.29. The number of rotatable bonds is 8. The number of aromatic hydroxyl groups is 1. The Bertz CT molecular complexity index is 1550. The third-order valence-electron chi connectivity index (χ3n) is 11.6. The highest BCUT2D eigenvalue weighted by Gasteiger charge is 2.73. The maximum Gasteiger partial charge on any atom is 0.335 e. The summed E-state index contributed by atoms with van der Waals surface area (Å²) in [6.07, 6.45) is 2.40. The molecule has 47 heavy (non-hydrogen) atoms. The van der Waals surface area contributed by atoms with E-state index in [0.717, 1.165) is 63.2 Å². The van der Waals surface area contributed by atoms with E-state index in [-0.39, 0.29) is 35.8 Å². The van der Waals surface area contributed by atoms with E-state index in [2.05, 4.69) is 28.0 Å². The monoisotopic (exact) mass is 650 g/mol. The molecule has 0 radical (unpaired) electrons. The second kappa shape index (κ2) is 11.8. The molecule has 12 nitrogen and oxygen atoms in total. The summed E-state index contributed by atoms with van der Waals surface area (Å²) in [6, 6.07) is 14.1. The number of benzene rings is 2. The van der Waals surface area contributed by atoms with Crippen LogP contribution < -0.4 is 4.74 Å². The molecular weight excluding hydrogens is 608 g/mol. The molecule has 6 N–H and O–H groups in total. The first kappa shape index (κ1) is 31.9. The van der Waals surface area contributed by atoms with Crippen LogP contribution in [0.15, 0.2) is 42.5 Å². The normalized spacial score (nSPS) is 33.3. The van der Waals surface area contributed by atoms with E-state index in [9.17, 15) is 24.6 Å². The Morgan fingerprint density at radius 2 is 1.64 bits per heavy atom. The molecule has 2 saturated heterocycles. The van der Waals surface area contributed by atoms with E-state index in [1.54, 1.807) is 6.07 Å². The van der Waals surface area contributed by atoms with Gasteiger partial charge in [0.05, 0.1) is 17.1 Å². The topological polar surface area (TPSA) is 188 Å². The van der Waals surface area contributed by atoms with Gasteiger partial charge in [0.25, 0.3) is 0 Å². The highest BCUT2D eigenvalue weighted by molar-refractivity contribution is 5.83. The van der Waals surface area contributed by atoms with Crippen LogP contribution in [-0.4, -0.2) is 114 Å². The van der Waals surface area contributed by atoms with Gasteiger partial charge in [-0.15, -0.1) is 0 Å². The molecule has 2 saturated carbocycles. The van der Waals surface area contributed by atoms with Crippen LogP contribution in [0, 0.1) is 11.8 Å². The van der Waals surface area contributed by atoms with Gasteiger partial charge in [-0.25, -0.2) is 9.59 Å². The van der Waals surface area contributed by atoms with Gasteiger partial charge in [-0.05, 0) is 81.0 Å². The van der Waals surface area contributed by atoms with Gasteiger partial charge >= 0.3 is 11.9 Å². The number of carboxylic acid groups (broad SMARTS) is 2. The number of carboxylic acids is 2. The van der Waals surface area contributed by atoms with E-state index in [4.69, 9.17) is 25.2 Å². The first-order valence-corrected chi connectivity index (χ1v) is 16.6. The number of likely N-dealkylation sites (tertiary alicyclic amines) is 2. The van der Waals surface area contributed by atoms with Gasteiger partial charge in [-0.3, -0.25) is 9.69 Å². The molecule has 3 unspecified atom stereocenters. The van der Waals surface area contributed by atoms with Crippen LogP contribution in [0.4, 0.5) is 0 Å². The number of ether oxygens (including phenoxy) is 1. The average Bonchev–Trinajstić information content (AvgIpc) is 3.70. The number of carbonyl (C=O) groups is 3. The van der Waals surface area contributed by atoms with E-state index in [1.807, 2.05) is 18.2 Å². The standard InChI is InChI=1S/C31H36N2O4.C4H6O6/c34-24-9-8-21-17-25-31(36)12-10-23(33-14-11-22(29(33)35)16-19-4-2-1-3-5-19)28-30(31,26(21)27(24)37-28)13-15-32(25)18-20-6-7-20;5-1(3(7)8)2(6)4(9)10/h1-5,8-9,20,22-23,25,28,34,36H,6-7,10-18H2;1-2,5-6H,(H,7,8)(H,9,10)/t22?,23-,25-,28-,30+,31-;/m1./s1. The third kappa shape index (κ3) is 5.08. The first-order chi connectivity index (χ1) is 22.5. The van der Waals surface area contributed by atoms with E-state index in [0.29, 0.717) is 12.2 Å². The quantitative estimate of drug-likeness (QED) is 0.242. The highest BCUT2D eigenvalue weighted by atomic mass is 16.5. The largest absolute Gasteiger partial charge is 0.504 e. The minimum absolute atomic E-state index is 0.00653. The summed E-state index contributed by atoms with van der Waals surface area (Å²) in [7, 11) is 0. The van der Waals surface area contributed by atoms with Crippen LogP contribution >= 0.6 is 0 Å². The number of aliphatic carboxylic acids is 2. The number of phenolic OH excluding ortho intramolecular Hbond substituents is 1. The summed E-state index contributed by atoms with van der Waals surface area (Å²) in [5.41, 5.74) is 1.98. The molecule has 3 aliphatic carbocycles. The maximum atomic E-state index is 13.8. The molecule has 8 rings (SSSR count). The van der Waals surface area contributed by atoms with Gasteiger partial charge in [0.1, 0.15) is 6.10 Å². The van der Waals surface area contributed by atoms with Crippen LogP contribution in [0.2, 0.25) is 0 Å². The zero-order chi connectivity index (χ0) is 33.2. The zero-order valence-corrected chi connectivity index (χ0v) is 26.1. The fraction of sp³-hybridized carbons (Fsp3) is 0.571. The number of hydrogen-bond acceptors (Lipinski definition) is 9. The molecule has 1 amide bonds. The summed E-state index contributed by atoms with van der Waals surface area (Å²) in [5, 5.41) is 56.1. The van der Waals surface area contributed by atoms with Crippen molar-refractivity contribution in [1.29, 1.82) is 0 Å². The molecule has 3 aliphatic heterocycles. The lowest BCUT2D eigenvalue weighted by atomic mass is 9.48. The lowest BCUT2D eigenvalue weighted by Gasteiger charge is -2.64. The Balaban J connectivity index is 0.000000308. The molecular formula is C35H42N2O10. The van der Waals surface area contributed by atoms with Crippen LogP contribution in [0.3, 0.4) is 0 Å². The Kier molecular flexibility index (Phi) is 7.98. The van der Waals surface area contributed by atoms with Crippen LogP contribution in [0.25, 0.3) is 0 Å². The molecule has 8 atom stereocenters. The van der Waals surface area contributed by atoms with Crippen molar-refractivity contribution in [2.24, 2.45) is 11.8 Å². The van der Waals surface area contributed by atoms with E-state index >= 15 is 0 Å². The van der Waals surface area contributed by atoms with E-state index < -0.39 is 35.2 Å². The fourth-order valence-corrected chi connectivity index (χ4v) is 9.22. The molecule has 1 spiro atoms. The number of aliphatic hydroxyl groups excluding tert-OH is 2. The molecule has 2 aromatic rings. The maximum absolute atomic E-state index is 13.8. The lowest BCUT2D eigenvalue weighted by Crippen LogP contribution is -2.78. The third-order valence-corrected chi connectivity index (χ3v) is 11.6. The van der Waals surface area contributed by atoms with Crippen molar-refractivity contribution in [1.82, 2.24) is 9.80 Å². The molecule has 0 aromatic heterocycles. The molecule has 4 fully saturated rings. The van der Waals surface area contributed by atoms with Crippen LogP contribution in [0.1, 0.15) is 55.2 Å². The van der Waals surface area contributed by atoms with Crippen LogP contribution in [0.5, 0.6) is 11.5 Å². The van der Waals surface area contributed by atoms with Crippen molar-refractivity contribution in [2.75, 3.05) is 19.6 Å². The van der Waals surface area contributed by atoms with Crippen molar-refractivity contribution in [2.45, 2.75) is 92.8 Å². The Morgan fingerprint density at radius 1 is 0.936 bits per heavy atom. The molecule has 6 aliphatic rings. The second-order valence-electron chi connectivity index (χ2n) is 14.2. The Labute approximate surface area is 272 Å². The molecule has 2 bridgehead atoms. The zero-order valence-electron chi connectivity index (χ0n) is 26.1. The number of aliphatic hydroxyl groups is 3. The van der Waals surface area contributed by atoms with Gasteiger partial charge in [0.15, 0.2) is 23.7 Å². The van der Waals surface area contributed by atoms with Gasteiger partial charge in [0, 0.05) is 30.6 Å². The second-order valence-corrected chi connectivity index (χ2v) is 14.2. The van der Waals surface area contributed by atoms with Crippen molar-refractivity contribution in [3.8, 4) is 11.5 Å². The minimum atomic E-state index is -2.27. The highest BCUT2D eigenvalue weighted by Crippen LogP contribution is 2.66. The Hall–Kier alpha value is -3.71. The summed E-state index contributed by atoms with van der Waals surface area (Å²) in [4.78, 5) is 38.0.